The van der Waals surface area contributed by atoms with Gasteiger partial charge in [-0.1, -0.05) is 27.2 Å². The summed E-state index contributed by atoms with van der Waals surface area (Å²) in [7, 11) is 0. The van der Waals surface area contributed by atoms with Gasteiger partial charge in [-0.15, -0.1) is 0 Å². The fourth-order valence-corrected chi connectivity index (χ4v) is 1.28. The Bertz CT molecular complexity index is 106. The number of hydrogen-bond donors (Lipinski definition) is 1. The van der Waals surface area contributed by atoms with Crippen LogP contribution in [0, 0.1) is 5.92 Å². The zero-order valence-corrected chi connectivity index (χ0v) is 9.38. The minimum Gasteiger partial charge on any atom is -0.381 e. The van der Waals surface area contributed by atoms with Crippen molar-refractivity contribution in [1.29, 1.82) is 0 Å². The molecule has 2 atom stereocenters. The molecule has 0 aliphatic rings. The highest BCUT2D eigenvalue weighted by Crippen LogP contribution is 2.10. The van der Waals surface area contributed by atoms with Crippen molar-refractivity contribution in [1.82, 2.24) is 0 Å². The summed E-state index contributed by atoms with van der Waals surface area (Å²) in [5.74, 6) is 0.751. The van der Waals surface area contributed by atoms with Gasteiger partial charge in [0.25, 0.3) is 0 Å². The van der Waals surface area contributed by atoms with E-state index in [-0.39, 0.29) is 0 Å². The fourth-order valence-electron chi connectivity index (χ4n) is 1.28. The van der Waals surface area contributed by atoms with Crippen LogP contribution < -0.4 is 5.73 Å². The van der Waals surface area contributed by atoms with E-state index >= 15 is 0 Å². The summed E-state index contributed by atoms with van der Waals surface area (Å²) >= 11 is 0. The van der Waals surface area contributed by atoms with Gasteiger partial charge >= 0.3 is 0 Å². The SMILES string of the molecule is CCCOCCC(N)CC(C)CC. The van der Waals surface area contributed by atoms with Crippen molar-refractivity contribution in [2.75, 3.05) is 13.2 Å². The first-order chi connectivity index (χ1) is 6.20. The van der Waals surface area contributed by atoms with Crippen molar-refractivity contribution in [2.24, 2.45) is 11.7 Å². The lowest BCUT2D eigenvalue weighted by molar-refractivity contribution is 0.125. The first-order valence-corrected chi connectivity index (χ1v) is 5.54. The summed E-state index contributed by atoms with van der Waals surface area (Å²) in [6, 6.07) is 0.326. The summed E-state index contributed by atoms with van der Waals surface area (Å²) in [6.45, 7) is 8.29. The standard InChI is InChI=1S/C11H25NO/c1-4-7-13-8-6-11(12)9-10(3)5-2/h10-11H,4-9,12H2,1-3H3. The second kappa shape index (κ2) is 8.52. The Morgan fingerprint density at radius 1 is 1.23 bits per heavy atom. The van der Waals surface area contributed by atoms with E-state index in [1.807, 2.05) is 0 Å². The molecule has 0 amide bonds. The second-order valence-corrected chi connectivity index (χ2v) is 3.91. The van der Waals surface area contributed by atoms with Gasteiger partial charge in [0.2, 0.25) is 0 Å². The molecule has 0 aliphatic heterocycles. The van der Waals surface area contributed by atoms with Gasteiger partial charge in [0.15, 0.2) is 0 Å². The number of rotatable bonds is 8. The number of nitrogens with two attached hydrogens (primary N) is 1. The monoisotopic (exact) mass is 187 g/mol. The second-order valence-electron chi connectivity index (χ2n) is 3.91. The maximum Gasteiger partial charge on any atom is 0.0480 e. The predicted molar refractivity (Wildman–Crippen MR) is 57.8 cm³/mol. The van der Waals surface area contributed by atoms with Gasteiger partial charge in [0.1, 0.15) is 0 Å². The number of ether oxygens (including phenoxy) is 1. The van der Waals surface area contributed by atoms with Crippen molar-refractivity contribution in [2.45, 2.75) is 52.5 Å². The van der Waals surface area contributed by atoms with E-state index in [1.54, 1.807) is 0 Å². The summed E-state index contributed by atoms with van der Waals surface area (Å²) in [5.41, 5.74) is 5.95. The van der Waals surface area contributed by atoms with Crippen LogP contribution in [0.1, 0.15) is 46.5 Å². The zero-order chi connectivity index (χ0) is 10.1. The molecular weight excluding hydrogens is 162 g/mol. The molecule has 0 radical (unpaired) electrons. The smallest absolute Gasteiger partial charge is 0.0480 e. The molecule has 80 valence electrons. The van der Waals surface area contributed by atoms with Crippen LogP contribution in [0.15, 0.2) is 0 Å². The molecule has 0 aliphatic carbocycles. The van der Waals surface area contributed by atoms with Crippen LogP contribution in [0.5, 0.6) is 0 Å². The molecule has 2 nitrogen and oxygen atoms in total. The predicted octanol–water partition coefficient (Wildman–Crippen LogP) is 2.57. The summed E-state index contributed by atoms with van der Waals surface area (Å²) in [4.78, 5) is 0. The highest BCUT2D eigenvalue weighted by Gasteiger charge is 2.06. The highest BCUT2D eigenvalue weighted by molar-refractivity contribution is 4.64. The first-order valence-electron chi connectivity index (χ1n) is 5.54. The number of hydrogen-bond acceptors (Lipinski definition) is 2. The fraction of sp³-hybridized carbons (Fsp3) is 1.00. The Balaban J connectivity index is 3.24. The van der Waals surface area contributed by atoms with Crippen molar-refractivity contribution in [3.05, 3.63) is 0 Å². The molecule has 0 saturated heterocycles. The van der Waals surface area contributed by atoms with Gasteiger partial charge in [0.05, 0.1) is 0 Å². The molecule has 0 aromatic rings. The Morgan fingerprint density at radius 2 is 1.92 bits per heavy atom. The highest BCUT2D eigenvalue weighted by atomic mass is 16.5. The van der Waals surface area contributed by atoms with Gasteiger partial charge in [-0.05, 0) is 25.2 Å². The average molecular weight is 187 g/mol. The molecule has 0 rings (SSSR count). The topological polar surface area (TPSA) is 35.2 Å². The lowest BCUT2D eigenvalue weighted by Crippen LogP contribution is -2.24. The summed E-state index contributed by atoms with van der Waals surface area (Å²) < 4.78 is 5.39. The third-order valence-electron chi connectivity index (χ3n) is 2.38. The first kappa shape index (κ1) is 12.9. The minimum atomic E-state index is 0.326. The Morgan fingerprint density at radius 3 is 2.46 bits per heavy atom. The van der Waals surface area contributed by atoms with E-state index in [1.165, 1.54) is 6.42 Å². The Hall–Kier alpha value is -0.0800. The van der Waals surface area contributed by atoms with Crippen LogP contribution >= 0.6 is 0 Å². The van der Waals surface area contributed by atoms with Crippen LogP contribution in [0.2, 0.25) is 0 Å². The molecule has 0 aromatic heterocycles. The lowest BCUT2D eigenvalue weighted by atomic mass is 9.98. The van der Waals surface area contributed by atoms with Gasteiger partial charge < -0.3 is 10.5 Å². The van der Waals surface area contributed by atoms with E-state index in [9.17, 15) is 0 Å². The van der Waals surface area contributed by atoms with Crippen molar-refractivity contribution in [3.63, 3.8) is 0 Å². The summed E-state index contributed by atoms with van der Waals surface area (Å²) in [5, 5.41) is 0. The van der Waals surface area contributed by atoms with Crippen molar-refractivity contribution >= 4 is 0 Å². The van der Waals surface area contributed by atoms with Gasteiger partial charge in [-0.2, -0.15) is 0 Å². The molecule has 0 saturated carbocycles. The van der Waals surface area contributed by atoms with Crippen molar-refractivity contribution in [3.8, 4) is 0 Å². The summed E-state index contributed by atoms with van der Waals surface area (Å²) in [6.07, 6.45) is 4.46. The molecule has 2 heteroatoms. The van der Waals surface area contributed by atoms with Crippen LogP contribution in [0.25, 0.3) is 0 Å². The Kier molecular flexibility index (Phi) is 8.46. The zero-order valence-electron chi connectivity index (χ0n) is 9.38. The maximum atomic E-state index is 5.95. The minimum absolute atomic E-state index is 0.326. The van der Waals surface area contributed by atoms with Crippen LogP contribution in [-0.2, 0) is 4.74 Å². The molecule has 0 heterocycles. The molecule has 0 spiro atoms. The molecule has 0 fully saturated rings. The normalized spacial score (nSPS) is 15.7. The molecule has 0 bridgehead atoms. The van der Waals surface area contributed by atoms with E-state index in [0.717, 1.165) is 38.4 Å². The third-order valence-corrected chi connectivity index (χ3v) is 2.38. The van der Waals surface area contributed by atoms with Gasteiger partial charge in [0, 0.05) is 19.3 Å². The van der Waals surface area contributed by atoms with Gasteiger partial charge in [-0.25, -0.2) is 0 Å². The van der Waals surface area contributed by atoms with E-state index in [4.69, 9.17) is 10.5 Å². The van der Waals surface area contributed by atoms with Gasteiger partial charge in [-0.3, -0.25) is 0 Å². The maximum absolute atomic E-state index is 5.95. The molecule has 2 N–H and O–H groups in total. The molecule has 2 unspecified atom stereocenters. The molecular formula is C11H25NO. The molecule has 0 aromatic carbocycles. The third kappa shape index (κ3) is 8.26. The lowest BCUT2D eigenvalue weighted by Gasteiger charge is -2.15. The van der Waals surface area contributed by atoms with Crippen LogP contribution in [0.3, 0.4) is 0 Å². The van der Waals surface area contributed by atoms with Crippen LogP contribution in [0.4, 0.5) is 0 Å². The van der Waals surface area contributed by atoms with E-state index in [2.05, 4.69) is 20.8 Å². The average Bonchev–Trinajstić information content (AvgIpc) is 2.12. The Labute approximate surface area is 82.8 Å². The quantitative estimate of drug-likeness (QED) is 0.593. The van der Waals surface area contributed by atoms with Crippen LogP contribution in [-0.4, -0.2) is 19.3 Å². The van der Waals surface area contributed by atoms with E-state index < -0.39 is 0 Å². The van der Waals surface area contributed by atoms with E-state index in [0.29, 0.717) is 6.04 Å². The van der Waals surface area contributed by atoms with Crippen molar-refractivity contribution < 1.29 is 4.74 Å². The molecule has 13 heavy (non-hydrogen) atoms. The largest absolute Gasteiger partial charge is 0.381 e.